The third kappa shape index (κ3) is 2.48. The number of hydrogen-bond acceptors (Lipinski definition) is 2. The first-order chi connectivity index (χ1) is 7.54. The summed E-state index contributed by atoms with van der Waals surface area (Å²) in [6.45, 7) is 8.65. The molecule has 16 heavy (non-hydrogen) atoms. The molecular weight excluding hydrogens is 198 g/mol. The van der Waals surface area contributed by atoms with Crippen LogP contribution in [0.3, 0.4) is 0 Å². The van der Waals surface area contributed by atoms with Crippen LogP contribution in [0.15, 0.2) is 0 Å². The van der Waals surface area contributed by atoms with E-state index in [9.17, 15) is 4.79 Å². The van der Waals surface area contributed by atoms with Crippen molar-refractivity contribution in [3.63, 3.8) is 0 Å². The Morgan fingerprint density at radius 3 is 2.44 bits per heavy atom. The Morgan fingerprint density at radius 1 is 1.31 bits per heavy atom. The van der Waals surface area contributed by atoms with Crippen molar-refractivity contribution in [2.75, 3.05) is 13.1 Å². The Labute approximate surface area is 99.4 Å². The Balaban J connectivity index is 1.91. The van der Waals surface area contributed by atoms with Gasteiger partial charge in [-0.2, -0.15) is 0 Å². The van der Waals surface area contributed by atoms with E-state index in [0.717, 1.165) is 25.4 Å². The highest BCUT2D eigenvalue weighted by atomic mass is 16.1. The summed E-state index contributed by atoms with van der Waals surface area (Å²) in [5.74, 6) is 0.830. The molecule has 0 aromatic carbocycles. The molecule has 92 valence electrons. The van der Waals surface area contributed by atoms with E-state index >= 15 is 0 Å². The van der Waals surface area contributed by atoms with Crippen LogP contribution in [0, 0.1) is 11.3 Å². The van der Waals surface area contributed by atoms with Crippen LogP contribution in [0.1, 0.15) is 52.9 Å². The minimum Gasteiger partial charge on any atom is -0.300 e. The highest BCUT2D eigenvalue weighted by Crippen LogP contribution is 2.39. The Hall–Kier alpha value is -0.370. The monoisotopic (exact) mass is 223 g/mol. The topological polar surface area (TPSA) is 20.3 Å². The molecule has 2 heteroatoms. The summed E-state index contributed by atoms with van der Waals surface area (Å²) >= 11 is 0. The summed E-state index contributed by atoms with van der Waals surface area (Å²) in [7, 11) is 0. The molecule has 2 saturated carbocycles. The molecule has 0 heterocycles. The smallest absolute Gasteiger partial charge is 0.142 e. The maximum atomic E-state index is 12.2. The number of hydrogen-bond donors (Lipinski definition) is 0. The van der Waals surface area contributed by atoms with Gasteiger partial charge in [-0.3, -0.25) is 9.69 Å². The van der Waals surface area contributed by atoms with Gasteiger partial charge in [0.2, 0.25) is 0 Å². The Bertz CT molecular complexity index is 268. The number of nitrogens with zero attached hydrogens (tertiary/aromatic N) is 1. The molecule has 0 N–H and O–H groups in total. The quantitative estimate of drug-likeness (QED) is 0.714. The zero-order chi connectivity index (χ0) is 11.8. The third-order valence-corrected chi connectivity index (χ3v) is 4.18. The van der Waals surface area contributed by atoms with E-state index in [2.05, 4.69) is 25.7 Å². The summed E-state index contributed by atoms with van der Waals surface area (Å²) in [6, 6.07) is 0.802. The maximum absolute atomic E-state index is 12.2. The van der Waals surface area contributed by atoms with Gasteiger partial charge < -0.3 is 0 Å². The number of Topliss-reactive ketones (excluding diaryl/α,β-unsaturated/α-hetero) is 1. The summed E-state index contributed by atoms with van der Waals surface area (Å²) < 4.78 is 0. The van der Waals surface area contributed by atoms with E-state index in [4.69, 9.17) is 0 Å². The number of ketones is 1. The lowest BCUT2D eigenvalue weighted by Gasteiger charge is -2.25. The minimum absolute atomic E-state index is 0.0495. The Morgan fingerprint density at radius 2 is 2.00 bits per heavy atom. The first-order valence-electron chi connectivity index (χ1n) is 6.83. The molecule has 2 aliphatic rings. The van der Waals surface area contributed by atoms with Gasteiger partial charge in [-0.1, -0.05) is 20.8 Å². The van der Waals surface area contributed by atoms with E-state index in [-0.39, 0.29) is 5.41 Å². The molecule has 1 atom stereocenters. The largest absolute Gasteiger partial charge is 0.300 e. The molecule has 0 aliphatic heterocycles. The second-order valence-electron chi connectivity index (χ2n) is 6.21. The minimum atomic E-state index is -0.0495. The van der Waals surface area contributed by atoms with Crippen LogP contribution in [0.25, 0.3) is 0 Å². The molecule has 0 radical (unpaired) electrons. The lowest BCUT2D eigenvalue weighted by Crippen LogP contribution is -2.35. The second kappa shape index (κ2) is 4.48. The van der Waals surface area contributed by atoms with Crippen LogP contribution in [0.4, 0.5) is 0 Å². The highest BCUT2D eigenvalue weighted by molar-refractivity contribution is 5.88. The maximum Gasteiger partial charge on any atom is 0.142 e. The first kappa shape index (κ1) is 12.1. The number of carbonyl (C=O) groups is 1. The summed E-state index contributed by atoms with van der Waals surface area (Å²) in [4.78, 5) is 14.7. The van der Waals surface area contributed by atoms with Crippen molar-refractivity contribution >= 4 is 5.78 Å². The summed E-state index contributed by atoms with van der Waals surface area (Å²) in [5, 5.41) is 0. The third-order valence-electron chi connectivity index (χ3n) is 4.18. The molecule has 0 saturated heterocycles. The average Bonchev–Trinajstić information content (AvgIpc) is 3.01. The van der Waals surface area contributed by atoms with Gasteiger partial charge in [-0.15, -0.1) is 0 Å². The van der Waals surface area contributed by atoms with Gasteiger partial charge >= 0.3 is 0 Å². The van der Waals surface area contributed by atoms with Crippen LogP contribution >= 0.6 is 0 Å². The molecule has 0 bridgehead atoms. The molecule has 2 nitrogen and oxygen atoms in total. The predicted octanol–water partition coefficient (Wildman–Crippen LogP) is 2.87. The number of carbonyl (C=O) groups excluding carboxylic acids is 1. The van der Waals surface area contributed by atoms with Crippen molar-refractivity contribution in [2.45, 2.75) is 58.9 Å². The molecule has 0 amide bonds. The molecule has 0 aromatic rings. The SMILES string of the molecule is CCCN(CC1CCC(C)(C)C1=O)C1CC1. The Kier molecular flexibility index (Phi) is 3.39. The lowest BCUT2D eigenvalue weighted by atomic mass is 9.89. The van der Waals surface area contributed by atoms with E-state index in [1.54, 1.807) is 0 Å². The highest BCUT2D eigenvalue weighted by Gasteiger charge is 2.42. The van der Waals surface area contributed by atoms with E-state index in [1.165, 1.54) is 25.8 Å². The van der Waals surface area contributed by atoms with Gasteiger partial charge in [-0.05, 0) is 38.6 Å². The van der Waals surface area contributed by atoms with E-state index in [1.807, 2.05) is 0 Å². The summed E-state index contributed by atoms with van der Waals surface area (Å²) in [5.41, 5.74) is -0.0495. The molecule has 2 aliphatic carbocycles. The van der Waals surface area contributed by atoms with Crippen molar-refractivity contribution in [1.29, 1.82) is 0 Å². The average molecular weight is 223 g/mol. The standard InChI is InChI=1S/C14H25NO/c1-4-9-15(12-5-6-12)10-11-7-8-14(2,3)13(11)16/h11-12H,4-10H2,1-3H3. The summed E-state index contributed by atoms with van der Waals surface area (Å²) in [6.07, 6.45) is 6.11. The van der Waals surface area contributed by atoms with Gasteiger partial charge in [0.05, 0.1) is 0 Å². The van der Waals surface area contributed by atoms with Crippen LogP contribution in [-0.4, -0.2) is 29.8 Å². The molecule has 1 unspecified atom stereocenters. The zero-order valence-electron chi connectivity index (χ0n) is 11.0. The van der Waals surface area contributed by atoms with Crippen molar-refractivity contribution in [2.24, 2.45) is 11.3 Å². The number of rotatable bonds is 5. The van der Waals surface area contributed by atoms with Crippen LogP contribution in [-0.2, 0) is 4.79 Å². The molecule has 0 spiro atoms. The predicted molar refractivity (Wildman–Crippen MR) is 66.4 cm³/mol. The normalized spacial score (nSPS) is 29.0. The zero-order valence-corrected chi connectivity index (χ0v) is 11.0. The van der Waals surface area contributed by atoms with Crippen molar-refractivity contribution < 1.29 is 4.79 Å². The molecular formula is C14H25NO. The van der Waals surface area contributed by atoms with Crippen LogP contribution < -0.4 is 0 Å². The fraction of sp³-hybridized carbons (Fsp3) is 0.929. The second-order valence-corrected chi connectivity index (χ2v) is 6.21. The van der Waals surface area contributed by atoms with Crippen molar-refractivity contribution in [3.05, 3.63) is 0 Å². The lowest BCUT2D eigenvalue weighted by molar-refractivity contribution is -0.128. The van der Waals surface area contributed by atoms with Gasteiger partial charge in [0.1, 0.15) is 5.78 Å². The van der Waals surface area contributed by atoms with E-state index in [0.29, 0.717) is 11.7 Å². The van der Waals surface area contributed by atoms with Gasteiger partial charge in [-0.25, -0.2) is 0 Å². The van der Waals surface area contributed by atoms with Crippen LogP contribution in [0.2, 0.25) is 0 Å². The first-order valence-corrected chi connectivity index (χ1v) is 6.83. The van der Waals surface area contributed by atoms with Crippen molar-refractivity contribution in [1.82, 2.24) is 4.90 Å². The van der Waals surface area contributed by atoms with Gasteiger partial charge in [0, 0.05) is 23.9 Å². The molecule has 2 rings (SSSR count). The van der Waals surface area contributed by atoms with Crippen LogP contribution in [0.5, 0.6) is 0 Å². The molecule has 2 fully saturated rings. The fourth-order valence-electron chi connectivity index (χ4n) is 2.95. The van der Waals surface area contributed by atoms with E-state index < -0.39 is 0 Å². The van der Waals surface area contributed by atoms with Gasteiger partial charge in [0.25, 0.3) is 0 Å². The van der Waals surface area contributed by atoms with Crippen molar-refractivity contribution in [3.8, 4) is 0 Å². The molecule has 0 aromatic heterocycles. The fourth-order valence-corrected chi connectivity index (χ4v) is 2.95. The van der Waals surface area contributed by atoms with Gasteiger partial charge in [0.15, 0.2) is 0 Å².